The van der Waals surface area contributed by atoms with Gasteiger partial charge in [-0.05, 0) is 36.1 Å². The standard InChI is InChI=1S/C24H26N2O5/c27-18-9-6-17(7-10-18)14-19(25-22(29)11-8-16-4-2-1-3-5-16)24(30)26-13-12-21-23(26)20(28)15-31-21/h1-7,9-10,19,21,23,27H,8,11-15H2,(H,25,29)/t19-,21?,23?/m0/s1. The van der Waals surface area contributed by atoms with E-state index in [1.54, 1.807) is 29.2 Å². The van der Waals surface area contributed by atoms with Crippen LogP contribution in [-0.4, -0.2) is 58.9 Å². The van der Waals surface area contributed by atoms with E-state index in [0.29, 0.717) is 19.4 Å². The molecule has 2 aromatic carbocycles. The fraction of sp³-hybridized carbons (Fsp3) is 0.375. The van der Waals surface area contributed by atoms with E-state index in [9.17, 15) is 19.5 Å². The Bertz CT molecular complexity index is 944. The van der Waals surface area contributed by atoms with Gasteiger partial charge in [0.1, 0.15) is 24.4 Å². The fourth-order valence-electron chi connectivity index (χ4n) is 4.28. The number of aromatic hydroxyl groups is 1. The maximum Gasteiger partial charge on any atom is 0.246 e. The van der Waals surface area contributed by atoms with Gasteiger partial charge in [0, 0.05) is 19.4 Å². The lowest BCUT2D eigenvalue weighted by atomic mass is 10.0. The zero-order valence-electron chi connectivity index (χ0n) is 17.2. The second-order valence-corrected chi connectivity index (χ2v) is 8.06. The topological polar surface area (TPSA) is 95.9 Å². The Balaban J connectivity index is 1.47. The van der Waals surface area contributed by atoms with Crippen molar-refractivity contribution < 1.29 is 24.2 Å². The molecule has 2 aliphatic rings. The van der Waals surface area contributed by atoms with Gasteiger partial charge in [0.2, 0.25) is 11.8 Å². The molecule has 4 rings (SSSR count). The number of Topliss-reactive ketones (excluding diaryl/α,β-unsaturated/α-hetero) is 1. The van der Waals surface area contributed by atoms with E-state index < -0.39 is 12.1 Å². The van der Waals surface area contributed by atoms with Gasteiger partial charge < -0.3 is 20.1 Å². The van der Waals surface area contributed by atoms with Gasteiger partial charge in [-0.2, -0.15) is 0 Å². The number of ketones is 1. The first kappa shape index (κ1) is 21.1. The molecule has 2 saturated heterocycles. The quantitative estimate of drug-likeness (QED) is 0.707. The number of carbonyl (C=O) groups is 3. The lowest BCUT2D eigenvalue weighted by molar-refractivity contribution is -0.139. The van der Waals surface area contributed by atoms with E-state index in [4.69, 9.17) is 4.74 Å². The number of phenolic OH excluding ortho intramolecular Hbond substituents is 1. The zero-order valence-corrected chi connectivity index (χ0v) is 17.2. The van der Waals surface area contributed by atoms with Crippen LogP contribution in [0.4, 0.5) is 0 Å². The van der Waals surface area contributed by atoms with Crippen LogP contribution in [0.3, 0.4) is 0 Å². The van der Waals surface area contributed by atoms with Crippen molar-refractivity contribution in [3.63, 3.8) is 0 Å². The van der Waals surface area contributed by atoms with Crippen LogP contribution in [0.15, 0.2) is 54.6 Å². The number of carbonyl (C=O) groups excluding carboxylic acids is 3. The van der Waals surface area contributed by atoms with Crippen LogP contribution in [0.25, 0.3) is 0 Å². The van der Waals surface area contributed by atoms with Crippen molar-refractivity contribution in [1.29, 1.82) is 0 Å². The molecule has 0 aliphatic carbocycles. The number of rotatable bonds is 7. The van der Waals surface area contributed by atoms with Crippen molar-refractivity contribution in [2.75, 3.05) is 13.2 Å². The molecule has 0 saturated carbocycles. The number of nitrogens with zero attached hydrogens (tertiary/aromatic N) is 1. The van der Waals surface area contributed by atoms with Crippen molar-refractivity contribution >= 4 is 17.6 Å². The third kappa shape index (κ3) is 4.94. The number of nitrogens with one attached hydrogen (secondary N) is 1. The summed E-state index contributed by atoms with van der Waals surface area (Å²) in [6.45, 7) is 0.469. The molecule has 2 N–H and O–H groups in total. The van der Waals surface area contributed by atoms with Gasteiger partial charge in [0.15, 0.2) is 5.78 Å². The van der Waals surface area contributed by atoms with Crippen molar-refractivity contribution in [2.45, 2.75) is 43.9 Å². The molecule has 2 aromatic rings. The minimum Gasteiger partial charge on any atom is -0.508 e. The molecule has 0 bridgehead atoms. The number of amides is 2. The highest BCUT2D eigenvalue weighted by Gasteiger charge is 2.48. The van der Waals surface area contributed by atoms with Crippen molar-refractivity contribution in [3.8, 4) is 5.75 Å². The molecule has 31 heavy (non-hydrogen) atoms. The minimum atomic E-state index is -0.792. The zero-order chi connectivity index (χ0) is 21.8. The predicted molar refractivity (Wildman–Crippen MR) is 113 cm³/mol. The summed E-state index contributed by atoms with van der Waals surface area (Å²) in [6, 6.07) is 14.9. The average Bonchev–Trinajstić information content (AvgIpc) is 3.36. The molecule has 2 heterocycles. The number of hydrogen-bond donors (Lipinski definition) is 2. The molecule has 7 nitrogen and oxygen atoms in total. The molecular weight excluding hydrogens is 396 g/mol. The van der Waals surface area contributed by atoms with E-state index in [0.717, 1.165) is 11.1 Å². The van der Waals surface area contributed by atoms with Crippen LogP contribution in [0.1, 0.15) is 24.0 Å². The molecule has 0 radical (unpaired) electrons. The lowest BCUT2D eigenvalue weighted by Crippen LogP contribution is -2.53. The van der Waals surface area contributed by atoms with Gasteiger partial charge in [0.25, 0.3) is 0 Å². The molecule has 162 valence electrons. The monoisotopic (exact) mass is 422 g/mol. The molecule has 3 atom stereocenters. The van der Waals surface area contributed by atoms with Crippen LogP contribution in [0.2, 0.25) is 0 Å². The molecule has 2 unspecified atom stereocenters. The second kappa shape index (κ2) is 9.31. The number of ether oxygens (including phenoxy) is 1. The summed E-state index contributed by atoms with van der Waals surface area (Å²) in [4.78, 5) is 39.8. The predicted octanol–water partition coefficient (Wildman–Crippen LogP) is 1.62. The summed E-state index contributed by atoms with van der Waals surface area (Å²) in [6.07, 6.45) is 1.49. The van der Waals surface area contributed by atoms with Crippen LogP contribution >= 0.6 is 0 Å². The number of benzene rings is 2. The lowest BCUT2D eigenvalue weighted by Gasteiger charge is -2.27. The van der Waals surface area contributed by atoms with Gasteiger partial charge in [-0.15, -0.1) is 0 Å². The number of hydrogen-bond acceptors (Lipinski definition) is 5. The Labute approximate surface area is 181 Å². The molecule has 2 fully saturated rings. The Kier molecular flexibility index (Phi) is 6.32. The van der Waals surface area contributed by atoms with E-state index >= 15 is 0 Å². The average molecular weight is 422 g/mol. The SMILES string of the molecule is O=C(CCc1ccccc1)N[C@@H](Cc1ccc(O)cc1)C(=O)N1CCC2OCC(=O)C21. The maximum absolute atomic E-state index is 13.4. The number of phenols is 1. The molecule has 0 spiro atoms. The van der Waals surface area contributed by atoms with E-state index in [1.807, 2.05) is 30.3 Å². The fourth-order valence-corrected chi connectivity index (χ4v) is 4.28. The minimum absolute atomic E-state index is 0.0329. The maximum atomic E-state index is 13.4. The van der Waals surface area contributed by atoms with E-state index in [1.165, 1.54) is 0 Å². The van der Waals surface area contributed by atoms with Crippen LogP contribution in [-0.2, 0) is 32.0 Å². The van der Waals surface area contributed by atoms with Crippen molar-refractivity contribution in [2.24, 2.45) is 0 Å². The van der Waals surface area contributed by atoms with Gasteiger partial charge in [-0.25, -0.2) is 0 Å². The number of likely N-dealkylation sites (tertiary alicyclic amines) is 1. The number of fused-ring (bicyclic) bond motifs is 1. The van der Waals surface area contributed by atoms with Gasteiger partial charge in [-0.1, -0.05) is 42.5 Å². The third-order valence-corrected chi connectivity index (χ3v) is 5.89. The first-order valence-electron chi connectivity index (χ1n) is 10.6. The Morgan fingerprint density at radius 1 is 1.10 bits per heavy atom. The summed E-state index contributed by atoms with van der Waals surface area (Å²) in [7, 11) is 0. The van der Waals surface area contributed by atoms with Crippen molar-refractivity contribution in [3.05, 3.63) is 65.7 Å². The van der Waals surface area contributed by atoms with Crippen LogP contribution in [0, 0.1) is 0 Å². The summed E-state index contributed by atoms with van der Waals surface area (Å²) in [5, 5.41) is 12.4. The summed E-state index contributed by atoms with van der Waals surface area (Å²) in [5.74, 6) is -0.442. The summed E-state index contributed by atoms with van der Waals surface area (Å²) in [5.41, 5.74) is 1.86. The normalized spacial score (nSPS) is 21.0. The smallest absolute Gasteiger partial charge is 0.246 e. The molecule has 2 amide bonds. The molecule has 0 aromatic heterocycles. The third-order valence-electron chi connectivity index (χ3n) is 5.89. The van der Waals surface area contributed by atoms with Crippen LogP contribution < -0.4 is 5.32 Å². The van der Waals surface area contributed by atoms with Crippen molar-refractivity contribution in [1.82, 2.24) is 10.2 Å². The first-order valence-corrected chi connectivity index (χ1v) is 10.6. The number of aryl methyl sites for hydroxylation is 1. The molecule has 2 aliphatic heterocycles. The summed E-state index contributed by atoms with van der Waals surface area (Å²) < 4.78 is 5.49. The first-order chi connectivity index (χ1) is 15.0. The highest BCUT2D eigenvalue weighted by atomic mass is 16.5. The van der Waals surface area contributed by atoms with Crippen LogP contribution in [0.5, 0.6) is 5.75 Å². The largest absolute Gasteiger partial charge is 0.508 e. The van der Waals surface area contributed by atoms with Gasteiger partial charge >= 0.3 is 0 Å². The second-order valence-electron chi connectivity index (χ2n) is 8.06. The van der Waals surface area contributed by atoms with Gasteiger partial charge in [0.05, 0.1) is 6.10 Å². The Morgan fingerprint density at radius 2 is 1.84 bits per heavy atom. The molecule has 7 heteroatoms. The van der Waals surface area contributed by atoms with E-state index in [2.05, 4.69) is 5.32 Å². The highest BCUT2D eigenvalue weighted by molar-refractivity contribution is 5.95. The Hall–Kier alpha value is -3.19. The highest BCUT2D eigenvalue weighted by Crippen LogP contribution is 2.28. The Morgan fingerprint density at radius 3 is 2.58 bits per heavy atom. The van der Waals surface area contributed by atoms with Gasteiger partial charge in [-0.3, -0.25) is 14.4 Å². The molecular formula is C24H26N2O5. The summed E-state index contributed by atoms with van der Waals surface area (Å²) >= 11 is 0. The van der Waals surface area contributed by atoms with E-state index in [-0.39, 0.29) is 48.9 Å².